The molecule has 6 rings (SSSR count). The number of aryl methyl sites for hydroxylation is 1. The summed E-state index contributed by atoms with van der Waals surface area (Å²) in [6, 6.07) is 4.35. The lowest BCUT2D eigenvalue weighted by Crippen LogP contribution is -2.38. The van der Waals surface area contributed by atoms with Crippen molar-refractivity contribution in [3.63, 3.8) is 0 Å². The molecular weight excluding hydrogens is 516 g/mol. The Morgan fingerprint density at radius 2 is 2.25 bits per heavy atom. The van der Waals surface area contributed by atoms with Crippen LogP contribution in [0, 0.1) is 11.3 Å². The molecule has 0 amide bonds. The third-order valence-electron chi connectivity index (χ3n) is 7.73. The first-order valence-electron chi connectivity index (χ1n) is 12.2. The monoisotopic (exact) mass is 542 g/mol. The van der Waals surface area contributed by atoms with Gasteiger partial charge >= 0.3 is 0 Å². The van der Waals surface area contributed by atoms with Gasteiger partial charge in [-0.05, 0) is 52.6 Å². The summed E-state index contributed by atoms with van der Waals surface area (Å²) < 4.78 is 12.3. The topological polar surface area (TPSA) is 114 Å². The fourth-order valence-corrected chi connectivity index (χ4v) is 8.76. The van der Waals surface area contributed by atoms with Crippen molar-refractivity contribution in [2.24, 2.45) is 0 Å². The molecule has 1 aliphatic carbocycles. The molecule has 1 fully saturated rings. The zero-order valence-corrected chi connectivity index (χ0v) is 22.6. The number of ether oxygens (including phenoxy) is 1. The van der Waals surface area contributed by atoms with Gasteiger partial charge in [-0.25, -0.2) is 4.98 Å². The maximum Gasteiger partial charge on any atom is 0.218 e. The molecule has 2 aliphatic heterocycles. The van der Waals surface area contributed by atoms with E-state index in [-0.39, 0.29) is 6.10 Å². The number of aromatic nitrogens is 3. The van der Waals surface area contributed by atoms with Crippen molar-refractivity contribution >= 4 is 39.7 Å². The predicted molar refractivity (Wildman–Crippen MR) is 142 cm³/mol. The molecule has 11 heteroatoms. The van der Waals surface area contributed by atoms with Crippen molar-refractivity contribution in [1.82, 2.24) is 20.0 Å². The van der Waals surface area contributed by atoms with Crippen molar-refractivity contribution < 1.29 is 9.26 Å². The number of fused-ring (bicyclic) bond motifs is 4. The summed E-state index contributed by atoms with van der Waals surface area (Å²) in [7, 11) is 2.13. The number of thiophene rings is 1. The van der Waals surface area contributed by atoms with E-state index in [1.807, 2.05) is 11.8 Å². The molecule has 0 bridgehead atoms. The van der Waals surface area contributed by atoms with Gasteiger partial charge in [-0.2, -0.15) is 22.0 Å². The first-order valence-corrected chi connectivity index (χ1v) is 14.6. The van der Waals surface area contributed by atoms with E-state index in [1.54, 1.807) is 6.07 Å². The molecular formula is C25H27ClN6O2S2. The second-order valence-electron chi connectivity index (χ2n) is 9.88. The molecule has 3 aromatic heterocycles. The Labute approximate surface area is 223 Å². The van der Waals surface area contributed by atoms with Crippen LogP contribution in [0.5, 0.6) is 5.88 Å². The van der Waals surface area contributed by atoms with E-state index in [4.69, 9.17) is 31.6 Å². The average Bonchev–Trinajstić information content (AvgIpc) is 3.56. The number of nitriles is 1. The molecule has 1 saturated heterocycles. The van der Waals surface area contributed by atoms with Crippen LogP contribution in [0.4, 0.5) is 5.00 Å². The first-order chi connectivity index (χ1) is 17.4. The number of likely N-dealkylation sites (N-methyl/N-ethyl adjacent to an activating group) is 1. The van der Waals surface area contributed by atoms with Crippen molar-refractivity contribution in [3.05, 3.63) is 38.5 Å². The number of nitrogen functional groups attached to an aromatic ring is 1. The van der Waals surface area contributed by atoms with Crippen LogP contribution in [0.3, 0.4) is 0 Å². The minimum absolute atomic E-state index is 0.0320. The van der Waals surface area contributed by atoms with Crippen LogP contribution in [0.25, 0.3) is 11.5 Å². The van der Waals surface area contributed by atoms with Gasteiger partial charge in [-0.15, -0.1) is 11.3 Å². The highest BCUT2D eigenvalue weighted by atomic mass is 35.5. The molecule has 2 N–H and O–H groups in total. The van der Waals surface area contributed by atoms with Crippen molar-refractivity contribution in [3.8, 4) is 23.5 Å². The summed E-state index contributed by atoms with van der Waals surface area (Å²) in [5, 5.41) is 15.3. The fraction of sp³-hybridized carbons (Fsp3) is 0.520. The van der Waals surface area contributed by atoms with Gasteiger partial charge in [0.2, 0.25) is 5.88 Å². The minimum atomic E-state index is -0.421. The highest BCUT2D eigenvalue weighted by Gasteiger charge is 2.49. The molecule has 5 heterocycles. The maximum absolute atomic E-state index is 9.91. The third-order valence-corrected chi connectivity index (χ3v) is 10.2. The number of hydrogen-bond acceptors (Lipinski definition) is 10. The Kier molecular flexibility index (Phi) is 6.15. The summed E-state index contributed by atoms with van der Waals surface area (Å²) >= 11 is 9.76. The molecule has 0 radical (unpaired) electrons. The molecule has 0 saturated carbocycles. The number of anilines is 1. The Hall–Kier alpha value is -2.32. The number of thioether (sulfide) groups is 1. The first kappa shape index (κ1) is 24.0. The van der Waals surface area contributed by atoms with E-state index in [0.29, 0.717) is 39.2 Å². The van der Waals surface area contributed by atoms with Gasteiger partial charge in [-0.3, -0.25) is 4.90 Å². The molecule has 36 heavy (non-hydrogen) atoms. The van der Waals surface area contributed by atoms with Crippen LogP contribution >= 0.6 is 34.7 Å². The molecule has 1 unspecified atom stereocenters. The number of nitrogens with two attached hydrogens (primary N) is 1. The fourth-order valence-electron chi connectivity index (χ4n) is 6.09. The molecule has 3 aliphatic rings. The van der Waals surface area contributed by atoms with Gasteiger partial charge in [-0.1, -0.05) is 16.8 Å². The lowest BCUT2D eigenvalue weighted by Gasteiger charge is -2.38. The van der Waals surface area contributed by atoms with Gasteiger partial charge in [0.25, 0.3) is 0 Å². The Bertz CT molecular complexity index is 1360. The Morgan fingerprint density at radius 3 is 3.03 bits per heavy atom. The lowest BCUT2D eigenvalue weighted by molar-refractivity contribution is 0.117. The van der Waals surface area contributed by atoms with Crippen molar-refractivity contribution in [2.75, 3.05) is 25.1 Å². The van der Waals surface area contributed by atoms with Crippen LogP contribution in [-0.2, 0) is 17.6 Å². The second kappa shape index (κ2) is 9.21. The quantitative estimate of drug-likeness (QED) is 0.453. The van der Waals surface area contributed by atoms with Crippen LogP contribution < -0.4 is 10.5 Å². The van der Waals surface area contributed by atoms with E-state index in [1.165, 1.54) is 22.6 Å². The van der Waals surface area contributed by atoms with Gasteiger partial charge in [0.05, 0.1) is 11.0 Å². The molecule has 3 aromatic rings. The van der Waals surface area contributed by atoms with E-state index in [0.717, 1.165) is 60.6 Å². The van der Waals surface area contributed by atoms with Crippen molar-refractivity contribution in [2.45, 2.75) is 62.3 Å². The summed E-state index contributed by atoms with van der Waals surface area (Å²) in [5.41, 5.74) is 9.00. The molecule has 188 valence electrons. The van der Waals surface area contributed by atoms with E-state index < -0.39 is 5.41 Å². The van der Waals surface area contributed by atoms with Crippen LogP contribution in [-0.4, -0.2) is 51.5 Å². The number of halogens is 1. The number of hydrogen-bond donors (Lipinski definition) is 1. The van der Waals surface area contributed by atoms with E-state index in [2.05, 4.69) is 35.1 Å². The summed E-state index contributed by atoms with van der Waals surface area (Å²) in [6.45, 7) is 3.14. The van der Waals surface area contributed by atoms with E-state index >= 15 is 0 Å². The Balaban J connectivity index is 1.39. The predicted octanol–water partition coefficient (Wildman–Crippen LogP) is 5.03. The van der Waals surface area contributed by atoms with Gasteiger partial charge in [0.1, 0.15) is 22.3 Å². The summed E-state index contributed by atoms with van der Waals surface area (Å²) in [6.07, 6.45) is 5.06. The van der Waals surface area contributed by atoms with Gasteiger partial charge in [0.15, 0.2) is 17.3 Å². The zero-order chi connectivity index (χ0) is 25.0. The summed E-state index contributed by atoms with van der Waals surface area (Å²) in [5.74, 6) is 3.18. The van der Waals surface area contributed by atoms with Gasteiger partial charge in [0, 0.05) is 39.6 Å². The highest BCUT2D eigenvalue weighted by molar-refractivity contribution is 7.98. The highest BCUT2D eigenvalue weighted by Crippen LogP contribution is 2.54. The van der Waals surface area contributed by atoms with Crippen LogP contribution in [0.2, 0.25) is 5.15 Å². The Morgan fingerprint density at radius 1 is 1.39 bits per heavy atom. The number of rotatable bonds is 4. The van der Waals surface area contributed by atoms with E-state index in [9.17, 15) is 5.26 Å². The summed E-state index contributed by atoms with van der Waals surface area (Å²) in [4.78, 5) is 12.7. The molecule has 0 aromatic carbocycles. The van der Waals surface area contributed by atoms with Crippen LogP contribution in [0.15, 0.2) is 10.6 Å². The minimum Gasteiger partial charge on any atom is -0.473 e. The van der Waals surface area contributed by atoms with Crippen LogP contribution in [0.1, 0.15) is 59.9 Å². The third kappa shape index (κ3) is 3.79. The SMILES string of the molecule is C[C@H](Oc1cc(Cl)nc(-c2noc3c2CSCC32CCCc3sc(N)c(C#N)c32)n1)[C@@H]1CCCN1C. The largest absolute Gasteiger partial charge is 0.473 e. The normalized spacial score (nSPS) is 24.3. The van der Waals surface area contributed by atoms with Crippen molar-refractivity contribution in [1.29, 1.82) is 5.26 Å². The lowest BCUT2D eigenvalue weighted by atomic mass is 9.69. The maximum atomic E-state index is 9.91. The van der Waals surface area contributed by atoms with Gasteiger partial charge < -0.3 is 15.0 Å². The zero-order valence-electron chi connectivity index (χ0n) is 20.2. The molecule has 8 nitrogen and oxygen atoms in total. The standard InChI is InChI=1S/C25H27ClN6O2S2/c1-13(16-5-4-8-32(16)2)33-19-9-18(26)29-24(30-19)21-15-11-35-12-25(22(15)34-31-21)7-3-6-17-20(25)14(10-27)23(28)36-17/h9,13,16H,3-8,11-12,28H2,1-2H3/t13-,16-,25?/m0/s1. The average molecular weight is 543 g/mol. The smallest absolute Gasteiger partial charge is 0.218 e. The number of likely N-dealkylation sites (tertiary alicyclic amines) is 1. The molecule has 3 atom stereocenters. The molecule has 1 spiro atoms. The second-order valence-corrected chi connectivity index (χ2v) is 12.4. The number of nitrogens with zero attached hydrogens (tertiary/aromatic N) is 5.